The third kappa shape index (κ3) is 6.22. The SMILES string of the molecule is C#Cc1c(F)ccc2cc(O)cc(-c3ncc4c(N5C[C@H]6CC(C#N)[C@@H](C5)N6C(=O)C=C)nc(OC[C@]5(C)C[C@@H](F)CN5Cc5ccncc5)nc4c3F)c12. The third-order valence-electron chi connectivity index (χ3n) is 11.0. The summed E-state index contributed by atoms with van der Waals surface area (Å²) in [4.78, 5) is 36.3. The maximum atomic E-state index is 17.1. The number of fused-ring (bicyclic) bond motifs is 4. The lowest BCUT2D eigenvalue weighted by atomic mass is 9.96. The highest BCUT2D eigenvalue weighted by Gasteiger charge is 2.49. The number of aromatic nitrogens is 4. The maximum absolute atomic E-state index is 17.1. The summed E-state index contributed by atoms with van der Waals surface area (Å²) in [6.07, 6.45) is 11.2. The minimum absolute atomic E-state index is 0.0334. The molecule has 0 spiro atoms. The first-order valence-electron chi connectivity index (χ1n) is 17.8. The Morgan fingerprint density at radius 1 is 1.18 bits per heavy atom. The Morgan fingerprint density at radius 2 is 1.98 bits per heavy atom. The molecule has 5 atom stereocenters. The van der Waals surface area contributed by atoms with E-state index in [0.29, 0.717) is 18.4 Å². The van der Waals surface area contributed by atoms with Gasteiger partial charge < -0.3 is 19.6 Å². The molecule has 55 heavy (non-hydrogen) atoms. The average Bonchev–Trinajstić information content (AvgIpc) is 3.59. The molecule has 14 heteroatoms. The van der Waals surface area contributed by atoms with Crippen LogP contribution in [0.25, 0.3) is 32.9 Å². The number of rotatable bonds is 8. The van der Waals surface area contributed by atoms with E-state index in [4.69, 9.17) is 16.1 Å². The Labute approximate surface area is 314 Å². The molecule has 0 aliphatic carbocycles. The van der Waals surface area contributed by atoms with Gasteiger partial charge in [-0.25, -0.2) is 13.2 Å². The van der Waals surface area contributed by atoms with Crippen LogP contribution in [-0.4, -0.2) is 90.8 Å². The number of carbonyl (C=O) groups excluding carboxylic acids is 1. The number of hydrogen-bond acceptors (Lipinski definition) is 10. The van der Waals surface area contributed by atoms with Gasteiger partial charge in [0.25, 0.3) is 0 Å². The first kappa shape index (κ1) is 35.8. The Hall–Kier alpha value is -6.25. The molecule has 1 unspecified atom stereocenters. The van der Waals surface area contributed by atoms with Crippen molar-refractivity contribution in [1.29, 1.82) is 5.26 Å². The van der Waals surface area contributed by atoms with Gasteiger partial charge in [0.15, 0.2) is 5.82 Å². The number of aromatic hydroxyl groups is 1. The van der Waals surface area contributed by atoms with E-state index in [-0.39, 0.29) is 95.3 Å². The van der Waals surface area contributed by atoms with Crippen LogP contribution < -0.4 is 9.64 Å². The van der Waals surface area contributed by atoms with Crippen LogP contribution in [0.3, 0.4) is 0 Å². The van der Waals surface area contributed by atoms with Crippen molar-refractivity contribution < 1.29 is 27.8 Å². The number of anilines is 1. The first-order valence-corrected chi connectivity index (χ1v) is 17.8. The molecule has 6 heterocycles. The summed E-state index contributed by atoms with van der Waals surface area (Å²) in [6.45, 7) is 6.60. The van der Waals surface area contributed by atoms with Crippen LogP contribution in [0.1, 0.15) is 30.9 Å². The van der Waals surface area contributed by atoms with Gasteiger partial charge in [-0.2, -0.15) is 15.2 Å². The van der Waals surface area contributed by atoms with E-state index in [9.17, 15) is 19.6 Å². The van der Waals surface area contributed by atoms with Crippen molar-refractivity contribution in [3.8, 4) is 41.4 Å². The van der Waals surface area contributed by atoms with E-state index in [1.807, 2.05) is 28.9 Å². The molecule has 3 aromatic heterocycles. The summed E-state index contributed by atoms with van der Waals surface area (Å²) in [7, 11) is 0. The molecule has 8 rings (SSSR count). The summed E-state index contributed by atoms with van der Waals surface area (Å²) in [5, 5.41) is 21.4. The lowest BCUT2D eigenvalue weighted by molar-refractivity contribution is -0.129. The van der Waals surface area contributed by atoms with Crippen LogP contribution >= 0.6 is 0 Å². The number of piperazine rings is 1. The second-order valence-electron chi connectivity index (χ2n) is 14.5. The lowest BCUT2D eigenvalue weighted by Crippen LogP contribution is -2.56. The Kier molecular flexibility index (Phi) is 9.02. The highest BCUT2D eigenvalue weighted by Crippen LogP contribution is 2.42. The quantitative estimate of drug-likeness (QED) is 0.156. The lowest BCUT2D eigenvalue weighted by Gasteiger charge is -2.41. The molecule has 0 radical (unpaired) electrons. The number of nitrogens with zero attached hydrogens (tertiary/aromatic N) is 8. The Morgan fingerprint density at radius 3 is 2.73 bits per heavy atom. The van der Waals surface area contributed by atoms with E-state index in [1.54, 1.807) is 17.3 Å². The third-order valence-corrected chi connectivity index (χ3v) is 11.0. The highest BCUT2D eigenvalue weighted by molar-refractivity contribution is 6.03. The van der Waals surface area contributed by atoms with Gasteiger partial charge in [-0.05, 0) is 60.7 Å². The van der Waals surface area contributed by atoms with Gasteiger partial charge in [0.2, 0.25) is 5.91 Å². The van der Waals surface area contributed by atoms with Gasteiger partial charge >= 0.3 is 6.01 Å². The molecule has 1 amide bonds. The molecule has 1 N–H and O–H groups in total. The van der Waals surface area contributed by atoms with Gasteiger partial charge in [0.05, 0.1) is 40.6 Å². The predicted molar refractivity (Wildman–Crippen MR) is 198 cm³/mol. The number of likely N-dealkylation sites (tertiary alicyclic amines) is 1. The minimum atomic E-state index is -1.11. The fourth-order valence-electron chi connectivity index (χ4n) is 8.45. The summed E-state index contributed by atoms with van der Waals surface area (Å²) in [5.41, 5.74) is -0.326. The molecule has 3 saturated heterocycles. The van der Waals surface area contributed by atoms with E-state index < -0.39 is 35.3 Å². The number of carbonyl (C=O) groups is 1. The van der Waals surface area contributed by atoms with Crippen LogP contribution in [0.5, 0.6) is 11.8 Å². The molecule has 11 nitrogen and oxygen atoms in total. The van der Waals surface area contributed by atoms with Crippen LogP contribution in [-0.2, 0) is 11.3 Å². The van der Waals surface area contributed by atoms with Gasteiger partial charge in [-0.1, -0.05) is 18.6 Å². The molecule has 2 aromatic carbocycles. The molecular formula is C41H35F3N8O3. The smallest absolute Gasteiger partial charge is 0.319 e. The molecular weight excluding hydrogens is 709 g/mol. The van der Waals surface area contributed by atoms with E-state index in [1.165, 1.54) is 36.5 Å². The van der Waals surface area contributed by atoms with Crippen molar-refractivity contribution in [2.24, 2.45) is 5.92 Å². The zero-order chi connectivity index (χ0) is 38.6. The largest absolute Gasteiger partial charge is 0.508 e. The van der Waals surface area contributed by atoms with E-state index in [2.05, 4.69) is 33.5 Å². The molecule has 3 aliphatic rings. The topological polar surface area (TPSA) is 132 Å². The maximum Gasteiger partial charge on any atom is 0.319 e. The van der Waals surface area contributed by atoms with Crippen molar-refractivity contribution >= 4 is 33.4 Å². The van der Waals surface area contributed by atoms with Gasteiger partial charge in [0, 0.05) is 62.1 Å². The number of alkyl halides is 1. The van der Waals surface area contributed by atoms with Gasteiger partial charge in [0.1, 0.15) is 41.4 Å². The number of phenols is 1. The number of halogens is 3. The number of nitriles is 1. The van der Waals surface area contributed by atoms with Crippen LogP contribution in [0.2, 0.25) is 0 Å². The zero-order valence-electron chi connectivity index (χ0n) is 29.8. The minimum Gasteiger partial charge on any atom is -0.508 e. The number of benzene rings is 2. The van der Waals surface area contributed by atoms with Crippen LogP contribution in [0.4, 0.5) is 19.0 Å². The van der Waals surface area contributed by atoms with Crippen LogP contribution in [0.15, 0.2) is 67.6 Å². The van der Waals surface area contributed by atoms with Gasteiger partial charge in [-0.15, -0.1) is 6.42 Å². The van der Waals surface area contributed by atoms with E-state index >= 15 is 8.78 Å². The molecule has 278 valence electrons. The second kappa shape index (κ2) is 13.9. The fourth-order valence-corrected chi connectivity index (χ4v) is 8.45. The number of amides is 1. The number of ether oxygens (including phenoxy) is 1. The van der Waals surface area contributed by atoms with Gasteiger partial charge in [-0.3, -0.25) is 19.7 Å². The number of hydrogen-bond donors (Lipinski definition) is 1. The summed E-state index contributed by atoms with van der Waals surface area (Å²) >= 11 is 0. The summed E-state index contributed by atoms with van der Waals surface area (Å²) in [5.74, 6) is 0.0612. The van der Waals surface area contributed by atoms with Crippen LogP contribution in [0, 0.1) is 41.2 Å². The molecule has 2 bridgehead atoms. The van der Waals surface area contributed by atoms with Crippen molar-refractivity contribution in [3.63, 3.8) is 0 Å². The molecule has 3 fully saturated rings. The Balaban J connectivity index is 1.24. The number of phenolic OH excluding ortho intramolecular Hbond substituents is 1. The molecule has 0 saturated carbocycles. The van der Waals surface area contributed by atoms with E-state index in [0.717, 1.165) is 5.56 Å². The van der Waals surface area contributed by atoms with Crippen molar-refractivity contribution in [2.75, 3.05) is 31.1 Å². The summed E-state index contributed by atoms with van der Waals surface area (Å²) < 4.78 is 53.4. The monoisotopic (exact) mass is 744 g/mol. The number of pyridine rings is 2. The standard InChI is InChI=1S/C41H35F3N8O3/c1-4-29-32(43)7-6-24-13-28(53)14-30(35(24)29)37-36(44)38-31(17-47-37)39(50-20-27-12-25(16-45)33(21-50)52(27)34(54)5-2)49-40(48-38)55-22-41(3)15-26(42)19-51(41)18-23-8-10-46-11-9-23/h1,5-11,13-14,17,25-27,33,53H,2,12,15,18-22H2,3H3/t25?,26-,27-,33-,41+/m1/s1. The highest BCUT2D eigenvalue weighted by atomic mass is 19.1. The molecule has 5 aromatic rings. The number of terminal acetylenes is 1. The first-order chi connectivity index (χ1) is 26.5. The normalized spacial score (nSPS) is 23.5. The van der Waals surface area contributed by atoms with Crippen molar-refractivity contribution in [1.82, 2.24) is 29.7 Å². The average molecular weight is 745 g/mol. The zero-order valence-corrected chi connectivity index (χ0v) is 29.8. The summed E-state index contributed by atoms with van der Waals surface area (Å²) in [6, 6.07) is 10.3. The molecule has 3 aliphatic heterocycles. The fraction of sp³-hybridized carbons (Fsp3) is 0.317. The second-order valence-corrected chi connectivity index (χ2v) is 14.5. The van der Waals surface area contributed by atoms with Crippen molar-refractivity contribution in [2.45, 2.75) is 50.1 Å². The Bertz CT molecular complexity index is 2450. The predicted octanol–water partition coefficient (Wildman–Crippen LogP) is 5.70. The van der Waals surface area contributed by atoms with Crippen molar-refractivity contribution in [3.05, 3.63) is 90.4 Å².